The van der Waals surface area contributed by atoms with E-state index in [0.717, 1.165) is 42.5 Å². The maximum absolute atomic E-state index is 13.6. The van der Waals surface area contributed by atoms with Gasteiger partial charge in [-0.25, -0.2) is 4.39 Å². The van der Waals surface area contributed by atoms with E-state index in [9.17, 15) is 14.0 Å². The number of Topliss-reactive ketones (excluding diaryl/α,β-unsaturated/α-hetero) is 1. The number of amides is 1. The van der Waals surface area contributed by atoms with Crippen LogP contribution in [0.2, 0.25) is 0 Å². The largest absolute Gasteiger partial charge is 0.376 e. The topological polar surface area (TPSA) is 62.4 Å². The molecule has 6 heteroatoms. The summed E-state index contributed by atoms with van der Waals surface area (Å²) in [6.45, 7) is 3.29. The average Bonchev–Trinajstić information content (AvgIpc) is 3.29. The number of nitrogens with zero attached hydrogens (tertiary/aromatic N) is 1. The molecule has 2 aromatic rings. The fourth-order valence-corrected chi connectivity index (χ4v) is 4.26. The number of carbonyl (C=O) groups is 2. The molecule has 5 nitrogen and oxygen atoms in total. The lowest BCUT2D eigenvalue weighted by Crippen LogP contribution is -2.37. The van der Waals surface area contributed by atoms with Crippen molar-refractivity contribution in [2.24, 2.45) is 0 Å². The Hall–Kier alpha value is -2.47. The molecule has 1 N–H and O–H groups in total. The third-order valence-electron chi connectivity index (χ3n) is 5.65. The fourth-order valence-electron chi connectivity index (χ4n) is 4.26. The van der Waals surface area contributed by atoms with Crippen LogP contribution >= 0.6 is 0 Å². The van der Waals surface area contributed by atoms with Gasteiger partial charge in [0.25, 0.3) is 5.91 Å². The van der Waals surface area contributed by atoms with Crippen LogP contribution in [0.25, 0.3) is 0 Å². The van der Waals surface area contributed by atoms with Crippen molar-refractivity contribution < 1.29 is 18.7 Å². The summed E-state index contributed by atoms with van der Waals surface area (Å²) in [5, 5.41) is 0. The number of fused-ring (bicyclic) bond motifs is 1. The van der Waals surface area contributed by atoms with Gasteiger partial charge in [-0.15, -0.1) is 0 Å². The molecule has 0 radical (unpaired) electrons. The molecule has 2 aliphatic rings. The molecule has 1 aromatic carbocycles. The van der Waals surface area contributed by atoms with Crippen molar-refractivity contribution >= 4 is 11.7 Å². The summed E-state index contributed by atoms with van der Waals surface area (Å²) in [4.78, 5) is 30.6. The Morgan fingerprint density at radius 3 is 2.89 bits per heavy atom. The lowest BCUT2D eigenvalue weighted by molar-refractivity contribution is 0.0502. The second-order valence-electron chi connectivity index (χ2n) is 7.71. The molecule has 1 fully saturated rings. The van der Waals surface area contributed by atoms with Gasteiger partial charge in [0, 0.05) is 37.4 Å². The summed E-state index contributed by atoms with van der Waals surface area (Å²) in [6, 6.07) is 6.31. The number of aromatic amines is 1. The van der Waals surface area contributed by atoms with Crippen LogP contribution in [-0.2, 0) is 17.7 Å². The molecule has 1 aliphatic carbocycles. The third kappa shape index (κ3) is 3.74. The second kappa shape index (κ2) is 7.87. The monoisotopic (exact) mass is 384 g/mol. The van der Waals surface area contributed by atoms with E-state index >= 15 is 0 Å². The van der Waals surface area contributed by atoms with Crippen molar-refractivity contribution in [1.82, 2.24) is 9.88 Å². The van der Waals surface area contributed by atoms with E-state index < -0.39 is 0 Å². The Bertz CT molecular complexity index is 899. The average molecular weight is 384 g/mol. The Morgan fingerprint density at radius 2 is 2.18 bits per heavy atom. The quantitative estimate of drug-likeness (QED) is 0.853. The zero-order chi connectivity index (χ0) is 19.7. The van der Waals surface area contributed by atoms with Crippen molar-refractivity contribution in [2.45, 2.75) is 51.7 Å². The number of nitrogens with one attached hydrogen (secondary N) is 1. The summed E-state index contributed by atoms with van der Waals surface area (Å²) in [5.74, 6) is -0.386. The first kappa shape index (κ1) is 18.9. The molecule has 1 amide bonds. The van der Waals surface area contributed by atoms with E-state index in [1.165, 1.54) is 12.1 Å². The molecule has 148 valence electrons. The summed E-state index contributed by atoms with van der Waals surface area (Å²) in [6.07, 6.45) is 4.00. The van der Waals surface area contributed by atoms with Crippen LogP contribution in [0.1, 0.15) is 63.4 Å². The first-order chi connectivity index (χ1) is 13.5. The van der Waals surface area contributed by atoms with E-state index in [1.807, 2.05) is 13.0 Å². The molecule has 1 atom stereocenters. The summed E-state index contributed by atoms with van der Waals surface area (Å²) in [7, 11) is 0. The third-order valence-corrected chi connectivity index (χ3v) is 5.65. The molecule has 4 rings (SSSR count). The van der Waals surface area contributed by atoms with Gasteiger partial charge in [-0.05, 0) is 55.9 Å². The van der Waals surface area contributed by atoms with Crippen molar-refractivity contribution in [3.8, 4) is 0 Å². The number of aromatic nitrogens is 1. The number of ketones is 1. The van der Waals surface area contributed by atoms with E-state index in [1.54, 1.807) is 11.0 Å². The van der Waals surface area contributed by atoms with Crippen LogP contribution in [0.3, 0.4) is 0 Å². The molecule has 28 heavy (non-hydrogen) atoms. The highest BCUT2D eigenvalue weighted by Crippen LogP contribution is 2.28. The van der Waals surface area contributed by atoms with E-state index in [2.05, 4.69) is 4.98 Å². The van der Waals surface area contributed by atoms with Gasteiger partial charge in [0.15, 0.2) is 5.78 Å². The minimum Gasteiger partial charge on any atom is -0.376 e. The van der Waals surface area contributed by atoms with Crippen molar-refractivity contribution in [1.29, 1.82) is 0 Å². The van der Waals surface area contributed by atoms with Crippen LogP contribution in [0.5, 0.6) is 0 Å². The van der Waals surface area contributed by atoms with Crippen molar-refractivity contribution in [3.05, 3.63) is 58.2 Å². The SMILES string of the molecule is Cc1c(C(=O)N(Cc2cccc(F)c2)C[C@H]2CCCO2)[nH]c2c1C(=O)CCC2. The Labute approximate surface area is 163 Å². The number of carbonyl (C=O) groups excluding carboxylic acids is 2. The number of rotatable bonds is 5. The summed E-state index contributed by atoms with van der Waals surface area (Å²) in [5.41, 5.74) is 3.46. The number of halogens is 1. The number of aryl methyl sites for hydroxylation is 1. The predicted octanol–water partition coefficient (Wildman–Crippen LogP) is 3.80. The number of hydrogen-bond donors (Lipinski definition) is 1. The predicted molar refractivity (Wildman–Crippen MR) is 103 cm³/mol. The molecular weight excluding hydrogens is 359 g/mol. The number of benzene rings is 1. The molecule has 0 unspecified atom stereocenters. The zero-order valence-electron chi connectivity index (χ0n) is 16.1. The van der Waals surface area contributed by atoms with Crippen molar-refractivity contribution in [3.63, 3.8) is 0 Å². The second-order valence-corrected chi connectivity index (χ2v) is 7.71. The Kier molecular flexibility index (Phi) is 5.31. The van der Waals surface area contributed by atoms with Gasteiger partial charge in [0.2, 0.25) is 0 Å². The van der Waals surface area contributed by atoms with Gasteiger partial charge in [-0.1, -0.05) is 12.1 Å². The number of hydrogen-bond acceptors (Lipinski definition) is 3. The first-order valence-corrected chi connectivity index (χ1v) is 9.93. The highest BCUT2D eigenvalue weighted by Gasteiger charge is 2.30. The number of ether oxygens (including phenoxy) is 1. The van der Waals surface area contributed by atoms with Crippen LogP contribution in [0, 0.1) is 12.7 Å². The van der Waals surface area contributed by atoms with Gasteiger partial charge in [0.05, 0.1) is 6.10 Å². The molecule has 1 aromatic heterocycles. The van der Waals surface area contributed by atoms with Gasteiger partial charge in [-0.3, -0.25) is 9.59 Å². The van der Waals surface area contributed by atoms with Crippen LogP contribution in [-0.4, -0.2) is 40.8 Å². The molecule has 2 heterocycles. The first-order valence-electron chi connectivity index (χ1n) is 9.93. The minimum absolute atomic E-state index is 0.0102. The highest BCUT2D eigenvalue weighted by molar-refractivity contribution is 6.04. The zero-order valence-corrected chi connectivity index (χ0v) is 16.1. The minimum atomic E-state index is -0.320. The fraction of sp³-hybridized carbons (Fsp3) is 0.455. The van der Waals surface area contributed by atoms with Crippen molar-refractivity contribution in [2.75, 3.05) is 13.2 Å². The maximum atomic E-state index is 13.6. The number of H-pyrrole nitrogens is 1. The summed E-state index contributed by atoms with van der Waals surface area (Å²) >= 11 is 0. The molecule has 1 aliphatic heterocycles. The summed E-state index contributed by atoms with van der Waals surface area (Å²) < 4.78 is 19.4. The smallest absolute Gasteiger partial charge is 0.270 e. The molecule has 0 saturated carbocycles. The normalized spacial score (nSPS) is 18.9. The van der Waals surface area contributed by atoms with Gasteiger partial charge >= 0.3 is 0 Å². The van der Waals surface area contributed by atoms with Gasteiger partial charge < -0.3 is 14.6 Å². The van der Waals surface area contributed by atoms with E-state index in [4.69, 9.17) is 4.74 Å². The molecule has 0 spiro atoms. The standard InChI is InChI=1S/C22H25FN2O3/c1-14-20-18(8-3-9-19(20)26)24-21(14)22(27)25(13-17-7-4-10-28-17)12-15-5-2-6-16(23)11-15/h2,5-6,11,17,24H,3-4,7-10,12-13H2,1H3/t17-/m1/s1. The van der Waals surface area contributed by atoms with E-state index in [-0.39, 0.29) is 23.6 Å². The van der Waals surface area contributed by atoms with Crippen LogP contribution in [0.4, 0.5) is 4.39 Å². The van der Waals surface area contributed by atoms with Gasteiger partial charge in [-0.2, -0.15) is 0 Å². The lowest BCUT2D eigenvalue weighted by atomic mass is 9.93. The van der Waals surface area contributed by atoms with Gasteiger partial charge in [0.1, 0.15) is 11.5 Å². The van der Waals surface area contributed by atoms with Crippen LogP contribution in [0.15, 0.2) is 24.3 Å². The maximum Gasteiger partial charge on any atom is 0.270 e. The molecule has 1 saturated heterocycles. The Morgan fingerprint density at radius 1 is 1.32 bits per heavy atom. The van der Waals surface area contributed by atoms with Crippen LogP contribution < -0.4 is 0 Å². The highest BCUT2D eigenvalue weighted by atomic mass is 19.1. The molecular formula is C22H25FN2O3. The van der Waals surface area contributed by atoms with E-state index in [0.29, 0.717) is 37.4 Å². The lowest BCUT2D eigenvalue weighted by Gasteiger charge is -2.25. The Balaban J connectivity index is 1.63. The molecule has 0 bridgehead atoms.